The lowest BCUT2D eigenvalue weighted by Crippen LogP contribution is -2.21. The molecule has 0 radical (unpaired) electrons. The third-order valence-electron chi connectivity index (χ3n) is 1.67. The minimum atomic E-state index is -0.547. The third-order valence-corrected chi connectivity index (χ3v) is 1.67. The summed E-state index contributed by atoms with van der Waals surface area (Å²) in [4.78, 5) is 42.1. The molecule has 0 aliphatic carbocycles. The monoisotopic (exact) mass is 240 g/mol. The number of carbonyl (C=O) groups excluding carboxylic acids is 1. The number of esters is 1. The van der Waals surface area contributed by atoms with Gasteiger partial charge in [-0.3, -0.25) is 19.6 Å². The van der Waals surface area contributed by atoms with Crippen LogP contribution < -0.4 is 11.2 Å². The van der Waals surface area contributed by atoms with Gasteiger partial charge in [-0.05, 0) is 6.92 Å². The molecule has 0 atom stereocenters. The second-order valence-electron chi connectivity index (χ2n) is 2.96. The lowest BCUT2D eigenvalue weighted by molar-refractivity contribution is -0.140. The van der Waals surface area contributed by atoms with E-state index in [1.807, 2.05) is 0 Å². The Labute approximate surface area is 95.0 Å². The molecule has 0 bridgehead atoms. The van der Waals surface area contributed by atoms with E-state index in [4.69, 9.17) is 0 Å². The molecule has 0 aliphatic heterocycles. The molecule has 2 aromatic rings. The number of fused-ring (bicyclic) bond motifs is 1. The summed E-state index contributed by atoms with van der Waals surface area (Å²) >= 11 is 0. The zero-order valence-electron chi connectivity index (χ0n) is 9.36. The highest BCUT2D eigenvalue weighted by atomic mass is 16.5. The summed E-state index contributed by atoms with van der Waals surface area (Å²) in [6, 6.07) is 0. The molecular weight excluding hydrogens is 228 g/mol. The van der Waals surface area contributed by atoms with E-state index in [0.29, 0.717) is 6.61 Å². The predicted molar refractivity (Wildman–Crippen MR) is 59.6 cm³/mol. The van der Waals surface area contributed by atoms with Gasteiger partial charge in [0.1, 0.15) is 5.52 Å². The third kappa shape index (κ3) is 3.59. The largest absolute Gasteiger partial charge is 0.466 e. The summed E-state index contributed by atoms with van der Waals surface area (Å²) in [5.41, 5.74) is -0.445. The number of aromatic nitrogens is 4. The van der Waals surface area contributed by atoms with Gasteiger partial charge in [0.05, 0.1) is 12.9 Å². The maximum absolute atomic E-state index is 10.9. The Kier molecular flexibility index (Phi) is 4.21. The standard InChI is InChI=1S/C5H4N4O2.C4H8O2/c10-4-2-3(7-1-6-2)8-5(11)9-4;1-3-6-4(2)5/h1H,(H3,6,7,8,9,10,11);3H2,1-2H3. The number of imidazole rings is 1. The van der Waals surface area contributed by atoms with Crippen molar-refractivity contribution >= 4 is 17.1 Å². The van der Waals surface area contributed by atoms with Gasteiger partial charge in [0.2, 0.25) is 0 Å². The van der Waals surface area contributed by atoms with Crippen LogP contribution in [0.15, 0.2) is 15.9 Å². The van der Waals surface area contributed by atoms with Crippen LogP contribution in [0.5, 0.6) is 0 Å². The summed E-state index contributed by atoms with van der Waals surface area (Å²) < 4.78 is 4.40. The van der Waals surface area contributed by atoms with E-state index in [1.54, 1.807) is 6.92 Å². The number of rotatable bonds is 1. The Balaban J connectivity index is 0.000000209. The van der Waals surface area contributed by atoms with Gasteiger partial charge in [-0.2, -0.15) is 0 Å². The molecule has 2 heterocycles. The molecule has 0 fully saturated rings. The maximum atomic E-state index is 10.9. The van der Waals surface area contributed by atoms with Crippen molar-refractivity contribution < 1.29 is 9.53 Å². The van der Waals surface area contributed by atoms with Gasteiger partial charge >= 0.3 is 11.7 Å². The molecular formula is C9H12N4O4. The number of hydrogen-bond donors (Lipinski definition) is 3. The van der Waals surface area contributed by atoms with E-state index in [0.717, 1.165) is 0 Å². The first kappa shape index (κ1) is 12.7. The Morgan fingerprint density at radius 2 is 2.12 bits per heavy atom. The van der Waals surface area contributed by atoms with Crippen LogP contribution in [0.2, 0.25) is 0 Å². The highest BCUT2D eigenvalue weighted by molar-refractivity contribution is 5.67. The first-order chi connectivity index (χ1) is 8.04. The van der Waals surface area contributed by atoms with Gasteiger partial charge < -0.3 is 9.72 Å². The average molecular weight is 240 g/mol. The highest BCUT2D eigenvalue weighted by Gasteiger charge is 1.99. The maximum Gasteiger partial charge on any atom is 0.327 e. The van der Waals surface area contributed by atoms with Crippen molar-refractivity contribution in [1.82, 2.24) is 19.9 Å². The van der Waals surface area contributed by atoms with Crippen LogP contribution in [0.4, 0.5) is 0 Å². The van der Waals surface area contributed by atoms with Crippen molar-refractivity contribution in [3.63, 3.8) is 0 Å². The van der Waals surface area contributed by atoms with Gasteiger partial charge in [-0.15, -0.1) is 0 Å². The second kappa shape index (κ2) is 5.64. The van der Waals surface area contributed by atoms with Crippen LogP contribution >= 0.6 is 0 Å². The number of hydrogen-bond acceptors (Lipinski definition) is 5. The van der Waals surface area contributed by atoms with Crippen molar-refractivity contribution in [2.75, 3.05) is 6.61 Å². The van der Waals surface area contributed by atoms with E-state index in [1.165, 1.54) is 13.3 Å². The highest BCUT2D eigenvalue weighted by Crippen LogP contribution is 1.92. The van der Waals surface area contributed by atoms with E-state index in [2.05, 4.69) is 24.7 Å². The van der Waals surface area contributed by atoms with Crippen molar-refractivity contribution in [2.45, 2.75) is 13.8 Å². The van der Waals surface area contributed by atoms with Crippen LogP contribution in [-0.4, -0.2) is 32.5 Å². The molecule has 2 aromatic heterocycles. The SMILES string of the molecule is CCOC(C)=O.O=c1[nH]c(=O)c2[nH]cnc2[nH]1. The summed E-state index contributed by atoms with van der Waals surface area (Å²) in [6.07, 6.45) is 1.34. The van der Waals surface area contributed by atoms with E-state index in [-0.39, 0.29) is 17.1 Å². The number of aromatic amines is 3. The molecule has 8 nitrogen and oxygen atoms in total. The Bertz CT molecular complexity index is 609. The Hall–Kier alpha value is -2.38. The van der Waals surface area contributed by atoms with Gasteiger partial charge in [-0.25, -0.2) is 9.78 Å². The summed E-state index contributed by atoms with van der Waals surface area (Å²) in [6.45, 7) is 3.65. The normalized spacial score (nSPS) is 9.53. The molecule has 2 rings (SSSR count). The van der Waals surface area contributed by atoms with E-state index < -0.39 is 11.2 Å². The molecule has 0 saturated heterocycles. The number of nitrogens with one attached hydrogen (secondary N) is 3. The molecule has 0 amide bonds. The molecule has 0 spiro atoms. The fourth-order valence-electron chi connectivity index (χ4n) is 1.07. The Morgan fingerprint density at radius 3 is 2.65 bits per heavy atom. The van der Waals surface area contributed by atoms with Gasteiger partial charge in [-0.1, -0.05) is 0 Å². The quantitative estimate of drug-likeness (QED) is 0.581. The second-order valence-corrected chi connectivity index (χ2v) is 2.96. The average Bonchev–Trinajstić information content (AvgIpc) is 2.66. The summed E-state index contributed by atoms with van der Waals surface area (Å²) in [5.74, 6) is -0.211. The molecule has 0 unspecified atom stereocenters. The number of H-pyrrole nitrogens is 3. The smallest absolute Gasteiger partial charge is 0.327 e. The van der Waals surface area contributed by atoms with Crippen LogP contribution in [-0.2, 0) is 9.53 Å². The topological polar surface area (TPSA) is 121 Å². The Morgan fingerprint density at radius 1 is 1.41 bits per heavy atom. The minimum Gasteiger partial charge on any atom is -0.466 e. The van der Waals surface area contributed by atoms with Gasteiger partial charge in [0.15, 0.2) is 5.65 Å². The zero-order valence-corrected chi connectivity index (χ0v) is 9.36. The predicted octanol–water partition coefficient (Wildman–Crippen LogP) is -0.491. The van der Waals surface area contributed by atoms with Gasteiger partial charge in [0.25, 0.3) is 5.56 Å². The molecule has 0 aliphatic rings. The number of nitrogens with zero attached hydrogens (tertiary/aromatic N) is 1. The molecule has 0 aromatic carbocycles. The molecule has 0 saturated carbocycles. The van der Waals surface area contributed by atoms with Crippen LogP contribution in [0, 0.1) is 0 Å². The van der Waals surface area contributed by atoms with Crippen LogP contribution in [0.25, 0.3) is 11.2 Å². The summed E-state index contributed by atoms with van der Waals surface area (Å²) in [5, 5.41) is 0. The van der Waals surface area contributed by atoms with Crippen molar-refractivity contribution in [3.05, 3.63) is 27.2 Å². The minimum absolute atomic E-state index is 0.211. The molecule has 3 N–H and O–H groups in total. The first-order valence-electron chi connectivity index (χ1n) is 4.83. The van der Waals surface area contributed by atoms with Crippen molar-refractivity contribution in [3.8, 4) is 0 Å². The summed E-state index contributed by atoms with van der Waals surface area (Å²) in [7, 11) is 0. The van der Waals surface area contributed by atoms with Crippen molar-refractivity contribution in [1.29, 1.82) is 0 Å². The number of ether oxygens (including phenoxy) is 1. The van der Waals surface area contributed by atoms with Crippen LogP contribution in [0.3, 0.4) is 0 Å². The molecule has 8 heteroatoms. The zero-order chi connectivity index (χ0) is 12.8. The van der Waals surface area contributed by atoms with Crippen LogP contribution in [0.1, 0.15) is 13.8 Å². The van der Waals surface area contributed by atoms with Crippen molar-refractivity contribution in [2.24, 2.45) is 0 Å². The van der Waals surface area contributed by atoms with E-state index >= 15 is 0 Å². The lowest BCUT2D eigenvalue weighted by Gasteiger charge is -1.89. The fraction of sp³-hybridized carbons (Fsp3) is 0.333. The molecule has 17 heavy (non-hydrogen) atoms. The van der Waals surface area contributed by atoms with E-state index in [9.17, 15) is 14.4 Å². The first-order valence-corrected chi connectivity index (χ1v) is 4.83. The molecule has 92 valence electrons. The number of carbonyl (C=O) groups is 1. The lowest BCUT2D eigenvalue weighted by atomic mass is 10.5. The van der Waals surface area contributed by atoms with Gasteiger partial charge in [0, 0.05) is 6.92 Å². The fourth-order valence-corrected chi connectivity index (χ4v) is 1.07.